The molecule has 3 aliphatic heterocycles. The number of halogens is 9. The molecular weight excluding hydrogens is 1140 g/mol. The number of nitrogens with one attached hydrogen (secondary N) is 3. The monoisotopic (exact) mass is 1220 g/mol. The van der Waals surface area contributed by atoms with Crippen molar-refractivity contribution in [2.45, 2.75) is 162 Å². The highest BCUT2D eigenvalue weighted by atomic mass is 19.4. The van der Waals surface area contributed by atoms with Crippen molar-refractivity contribution in [3.05, 3.63) is 106 Å². The SMILES string of the molecule is CC1(C)COC(=O)N[C@@H]1[C@H](O)[C@@](C)(O)c1ccc(C(F)(F)F)cc1.CC1(C)COC(=O)N[C@@H]1[C@H](O)[C@@](C)(O)c1ccc(C(F)(F)F)cc1.CC1(C)COC(=O)N[C@H]1[C@@H](O)[C@](C)(O)c1ccc(C(F)(F)F)cc1.CCOC(C)=O.CCOC(C)=O. The van der Waals surface area contributed by atoms with Crippen LogP contribution < -0.4 is 16.0 Å². The number of alkyl halides is 9. The van der Waals surface area contributed by atoms with Crippen molar-refractivity contribution in [2.75, 3.05) is 33.0 Å². The molecule has 84 heavy (non-hydrogen) atoms. The Hall–Kier alpha value is -6.46. The van der Waals surface area contributed by atoms with E-state index in [4.69, 9.17) is 14.2 Å². The molecule has 6 rings (SSSR count). The summed E-state index contributed by atoms with van der Waals surface area (Å²) in [5, 5.41) is 71.3. The summed E-state index contributed by atoms with van der Waals surface area (Å²) in [5.41, 5.74) is -9.85. The second-order valence-electron chi connectivity index (χ2n) is 22.4. The van der Waals surface area contributed by atoms with Crippen molar-refractivity contribution in [2.24, 2.45) is 16.2 Å². The lowest BCUT2D eigenvalue weighted by Crippen LogP contribution is -2.62. The van der Waals surface area contributed by atoms with E-state index >= 15 is 0 Å². The molecule has 0 saturated carbocycles. The molecule has 0 bridgehead atoms. The number of aliphatic hydroxyl groups is 6. The van der Waals surface area contributed by atoms with Crippen molar-refractivity contribution in [1.82, 2.24) is 16.0 Å². The number of benzene rings is 3. The second kappa shape index (κ2) is 28.6. The number of hydrogen-bond acceptors (Lipinski definition) is 16. The summed E-state index contributed by atoms with van der Waals surface area (Å²) < 4.78 is 137. The van der Waals surface area contributed by atoms with Crippen LogP contribution in [0.25, 0.3) is 0 Å². The zero-order chi connectivity index (χ0) is 65.0. The molecule has 0 aromatic heterocycles. The summed E-state index contributed by atoms with van der Waals surface area (Å²) in [6, 6.07) is 9.18. The van der Waals surface area contributed by atoms with Crippen LogP contribution in [-0.4, -0.2) is 130 Å². The maximum absolute atomic E-state index is 12.6. The van der Waals surface area contributed by atoms with Gasteiger partial charge in [-0.3, -0.25) is 9.59 Å². The van der Waals surface area contributed by atoms with E-state index in [0.717, 1.165) is 72.8 Å². The molecule has 3 aromatic carbocycles. The highest BCUT2D eigenvalue weighted by Crippen LogP contribution is 2.40. The first kappa shape index (κ1) is 73.6. The van der Waals surface area contributed by atoms with Crippen molar-refractivity contribution in [3.63, 3.8) is 0 Å². The first-order chi connectivity index (χ1) is 38.1. The molecule has 3 amide bonds. The van der Waals surface area contributed by atoms with E-state index in [0.29, 0.717) is 13.2 Å². The van der Waals surface area contributed by atoms with Gasteiger partial charge in [0.15, 0.2) is 0 Å². The van der Waals surface area contributed by atoms with Crippen LogP contribution in [0, 0.1) is 16.2 Å². The normalized spacial score (nSPS) is 22.1. The minimum atomic E-state index is -4.49. The summed E-state index contributed by atoms with van der Waals surface area (Å²) in [6.45, 7) is 21.7. The Balaban J connectivity index is 0.000000390. The number of ether oxygens (including phenoxy) is 5. The highest BCUT2D eigenvalue weighted by molar-refractivity contribution is 5.70. The van der Waals surface area contributed by atoms with E-state index in [-0.39, 0.29) is 48.4 Å². The van der Waals surface area contributed by atoms with Crippen LogP contribution in [0.4, 0.5) is 53.9 Å². The van der Waals surface area contributed by atoms with Gasteiger partial charge in [-0.05, 0) is 87.7 Å². The zero-order valence-corrected chi connectivity index (χ0v) is 48.6. The molecule has 3 fully saturated rings. The quantitative estimate of drug-likeness (QED) is 0.0495. The van der Waals surface area contributed by atoms with Crippen LogP contribution in [0.2, 0.25) is 0 Å². The summed E-state index contributed by atoms with van der Waals surface area (Å²) in [7, 11) is 0. The van der Waals surface area contributed by atoms with Crippen LogP contribution in [0.1, 0.15) is 123 Å². The van der Waals surface area contributed by atoms with E-state index in [1.54, 1.807) is 55.4 Å². The van der Waals surface area contributed by atoms with Gasteiger partial charge in [-0.25, -0.2) is 14.4 Å². The summed E-state index contributed by atoms with van der Waals surface area (Å²) in [4.78, 5) is 53.9. The third-order valence-electron chi connectivity index (χ3n) is 13.8. The minimum absolute atomic E-state index is 0.0453. The molecule has 3 aromatic rings. The standard InChI is InChI=1S/3C16H20F3NO4.2C4H8O2/c3*1-14(2)8-24-13(22)20-11(14)12(21)15(3,23)9-4-6-10(7-5-9)16(17,18)19;2*1-3-6-4(2)5/h3*4-7,11-12,21,23H,8H2,1-3H3,(H,20,22);2*3H2,1-2H3/t3*11-,12+,15+;;/m110../s1. The van der Waals surface area contributed by atoms with Crippen LogP contribution >= 0.6 is 0 Å². The maximum Gasteiger partial charge on any atom is 0.416 e. The average molecular weight is 1220 g/mol. The molecule has 0 spiro atoms. The highest BCUT2D eigenvalue weighted by Gasteiger charge is 2.51. The lowest BCUT2D eigenvalue weighted by atomic mass is 9.74. The lowest BCUT2D eigenvalue weighted by Gasteiger charge is -2.45. The van der Waals surface area contributed by atoms with Crippen LogP contribution in [0.3, 0.4) is 0 Å². The Morgan fingerprint density at radius 3 is 0.786 bits per heavy atom. The van der Waals surface area contributed by atoms with Gasteiger partial charge >= 0.3 is 48.7 Å². The smallest absolute Gasteiger partial charge is 0.416 e. The number of cyclic esters (lactones) is 3. The summed E-state index contributed by atoms with van der Waals surface area (Å²) >= 11 is 0. The molecule has 9 atom stereocenters. The minimum Gasteiger partial charge on any atom is -0.466 e. The topological polar surface area (TPSA) is 289 Å². The van der Waals surface area contributed by atoms with Crippen molar-refractivity contribution >= 4 is 30.2 Å². The first-order valence-corrected chi connectivity index (χ1v) is 25.9. The van der Waals surface area contributed by atoms with Gasteiger partial charge in [-0.1, -0.05) is 77.9 Å². The number of esters is 2. The molecule has 3 heterocycles. The van der Waals surface area contributed by atoms with Crippen LogP contribution in [0.5, 0.6) is 0 Å². The third kappa shape index (κ3) is 20.4. The van der Waals surface area contributed by atoms with Gasteiger partial charge in [0.1, 0.15) is 54.9 Å². The molecule has 3 saturated heterocycles. The number of rotatable bonds is 11. The number of amides is 3. The molecule has 474 valence electrons. The van der Waals surface area contributed by atoms with Gasteiger partial charge in [0.2, 0.25) is 0 Å². The fraction of sp³-hybridized carbons (Fsp3) is 0.589. The van der Waals surface area contributed by atoms with Crippen LogP contribution in [0.15, 0.2) is 72.8 Å². The predicted molar refractivity (Wildman–Crippen MR) is 282 cm³/mol. The third-order valence-corrected chi connectivity index (χ3v) is 13.8. The second-order valence-corrected chi connectivity index (χ2v) is 22.4. The zero-order valence-electron chi connectivity index (χ0n) is 48.6. The molecule has 9 N–H and O–H groups in total. The molecule has 28 heteroatoms. The number of alkyl carbamates (subject to hydrolysis) is 3. The van der Waals surface area contributed by atoms with Gasteiger partial charge in [-0.15, -0.1) is 0 Å². The molecule has 0 radical (unpaired) electrons. The van der Waals surface area contributed by atoms with Crippen LogP contribution in [-0.2, 0) is 68.6 Å². The Labute approximate surface area is 480 Å². The van der Waals surface area contributed by atoms with E-state index in [2.05, 4.69) is 25.4 Å². The maximum atomic E-state index is 12.6. The molecule has 0 aliphatic carbocycles. The Morgan fingerprint density at radius 1 is 0.464 bits per heavy atom. The first-order valence-electron chi connectivity index (χ1n) is 25.9. The number of carbonyl (C=O) groups is 5. The molecule has 3 aliphatic rings. The van der Waals surface area contributed by atoms with Gasteiger partial charge in [0.25, 0.3) is 0 Å². The fourth-order valence-corrected chi connectivity index (χ4v) is 8.52. The van der Waals surface area contributed by atoms with Crippen molar-refractivity contribution in [3.8, 4) is 0 Å². The fourth-order valence-electron chi connectivity index (χ4n) is 8.52. The predicted octanol–water partition coefficient (Wildman–Crippen LogP) is 8.36. The molecule has 0 unspecified atom stereocenters. The van der Waals surface area contributed by atoms with E-state index in [9.17, 15) is 94.1 Å². The number of hydrogen-bond donors (Lipinski definition) is 9. The van der Waals surface area contributed by atoms with E-state index in [1.165, 1.54) is 34.6 Å². The average Bonchev–Trinajstić information content (AvgIpc) is 3.42. The van der Waals surface area contributed by atoms with Gasteiger partial charge < -0.3 is 70.3 Å². The lowest BCUT2D eigenvalue weighted by molar-refractivity contribution is -0.141. The Morgan fingerprint density at radius 2 is 0.643 bits per heavy atom. The van der Waals surface area contributed by atoms with Gasteiger partial charge in [0.05, 0.1) is 48.0 Å². The Bertz CT molecular complexity index is 2370. The van der Waals surface area contributed by atoms with Gasteiger partial charge in [0, 0.05) is 30.1 Å². The molecule has 19 nitrogen and oxygen atoms in total. The van der Waals surface area contributed by atoms with Gasteiger partial charge in [-0.2, -0.15) is 39.5 Å². The Kier molecular flexibility index (Phi) is 25.1. The van der Waals surface area contributed by atoms with Crippen molar-refractivity contribution < 1.29 is 118 Å². The summed E-state index contributed by atoms with van der Waals surface area (Å²) in [5.74, 6) is -0.421. The number of aliphatic hydroxyl groups excluding tert-OH is 3. The largest absolute Gasteiger partial charge is 0.466 e. The van der Waals surface area contributed by atoms with Crippen molar-refractivity contribution in [1.29, 1.82) is 0 Å². The summed E-state index contributed by atoms with van der Waals surface area (Å²) in [6.07, 6.45) is -20.0. The van der Waals surface area contributed by atoms with E-state index in [1.807, 2.05) is 0 Å². The van der Waals surface area contributed by atoms with E-state index < -0.39 is 123 Å². The number of carbonyl (C=O) groups excluding carboxylic acids is 5. The molecular formula is C56H76F9N3O16.